The van der Waals surface area contributed by atoms with Crippen LogP contribution in [0.3, 0.4) is 0 Å². The molecule has 7 heteroatoms. The minimum atomic E-state index is -0.301. The van der Waals surface area contributed by atoms with Crippen molar-refractivity contribution in [3.8, 4) is 0 Å². The number of hydrogen-bond acceptors (Lipinski definition) is 5. The number of carbonyl (C=O) groups excluding carboxylic acids is 1. The fraction of sp³-hybridized carbons (Fsp3) is 0.600. The van der Waals surface area contributed by atoms with Crippen LogP contribution < -0.4 is 11.1 Å². The Labute approximate surface area is 73.8 Å². The van der Waals surface area contributed by atoms with E-state index in [1.165, 1.54) is 0 Å². The Morgan fingerprint density at radius 1 is 1.67 bits per heavy atom. The molecule has 0 aliphatic carbocycles. The van der Waals surface area contributed by atoms with Crippen molar-refractivity contribution in [2.75, 3.05) is 18.8 Å². The van der Waals surface area contributed by atoms with Crippen LogP contribution in [0.5, 0.6) is 0 Å². The lowest BCUT2D eigenvalue weighted by Crippen LogP contribution is -2.32. The van der Waals surface area contributed by atoms with Crippen molar-refractivity contribution in [1.29, 1.82) is 5.41 Å². The number of nitrogens with zero attached hydrogens (tertiary/aromatic N) is 1. The highest BCUT2D eigenvalue weighted by Crippen LogP contribution is 1.99. The average Bonchev–Trinajstić information content (AvgIpc) is 1.98. The average molecular weight is 190 g/mol. The van der Waals surface area contributed by atoms with Crippen LogP contribution in [0.15, 0.2) is 5.18 Å². The molecule has 0 atom stereocenters. The lowest BCUT2D eigenvalue weighted by molar-refractivity contribution is -0.109. The van der Waals surface area contributed by atoms with Crippen LogP contribution in [0.1, 0.15) is 0 Å². The quantitative estimate of drug-likeness (QED) is 0.234. The van der Waals surface area contributed by atoms with E-state index in [-0.39, 0.29) is 17.6 Å². The summed E-state index contributed by atoms with van der Waals surface area (Å²) < 4.78 is 0. The summed E-state index contributed by atoms with van der Waals surface area (Å²) in [5, 5.41) is 11.5. The van der Waals surface area contributed by atoms with E-state index in [0.717, 1.165) is 11.8 Å². The highest BCUT2D eigenvalue weighted by molar-refractivity contribution is 8.13. The second-order valence-electron chi connectivity index (χ2n) is 1.85. The Morgan fingerprint density at radius 2 is 2.33 bits per heavy atom. The molecular weight excluding hydrogens is 180 g/mol. The van der Waals surface area contributed by atoms with Gasteiger partial charge in [-0.1, -0.05) is 16.9 Å². The minimum absolute atomic E-state index is 0.128. The Hall–Kier alpha value is -1.11. The maximum absolute atomic E-state index is 10.6. The first kappa shape index (κ1) is 10.9. The van der Waals surface area contributed by atoms with Gasteiger partial charge in [0.2, 0.25) is 5.12 Å². The van der Waals surface area contributed by atoms with Crippen molar-refractivity contribution in [3.63, 3.8) is 0 Å². The Kier molecular flexibility index (Phi) is 5.98. The molecule has 0 bridgehead atoms. The van der Waals surface area contributed by atoms with Crippen molar-refractivity contribution in [3.05, 3.63) is 4.91 Å². The minimum Gasteiger partial charge on any atom is -0.370 e. The maximum atomic E-state index is 10.6. The maximum Gasteiger partial charge on any atom is 0.214 e. The van der Waals surface area contributed by atoms with E-state index in [9.17, 15) is 9.70 Å². The van der Waals surface area contributed by atoms with E-state index in [4.69, 9.17) is 11.1 Å². The zero-order valence-corrected chi connectivity index (χ0v) is 7.19. The van der Waals surface area contributed by atoms with Crippen molar-refractivity contribution >= 4 is 22.8 Å². The van der Waals surface area contributed by atoms with Crippen LogP contribution in [0.2, 0.25) is 0 Å². The summed E-state index contributed by atoms with van der Waals surface area (Å²) in [6, 6.07) is 0. The monoisotopic (exact) mass is 190 g/mol. The molecule has 0 aromatic carbocycles. The fourth-order valence-electron chi connectivity index (χ4n) is 0.449. The van der Waals surface area contributed by atoms with Gasteiger partial charge in [0.15, 0.2) is 5.96 Å². The summed E-state index contributed by atoms with van der Waals surface area (Å²) in [4.78, 5) is 20.2. The molecule has 6 nitrogen and oxygen atoms in total. The van der Waals surface area contributed by atoms with Gasteiger partial charge in [-0.05, 0) is 0 Å². The van der Waals surface area contributed by atoms with Crippen LogP contribution in [0, 0.1) is 10.3 Å². The summed E-state index contributed by atoms with van der Waals surface area (Å²) in [5.74, 6) is 0.352. The van der Waals surface area contributed by atoms with Gasteiger partial charge in [-0.25, -0.2) is 0 Å². The zero-order valence-electron chi connectivity index (χ0n) is 6.37. The highest BCUT2D eigenvalue weighted by Gasteiger charge is 2.00. The van der Waals surface area contributed by atoms with E-state index >= 15 is 0 Å². The number of nitrogens with two attached hydrogens (primary N) is 1. The lowest BCUT2D eigenvalue weighted by atomic mass is 10.7. The molecule has 0 aliphatic heterocycles. The molecule has 0 saturated carbocycles. The predicted octanol–water partition coefficient (Wildman–Crippen LogP) is -0.504. The van der Waals surface area contributed by atoms with Gasteiger partial charge in [-0.3, -0.25) is 10.2 Å². The molecule has 0 aliphatic rings. The number of rotatable bonds is 5. The molecule has 0 fully saturated rings. The molecule has 68 valence electrons. The summed E-state index contributed by atoms with van der Waals surface area (Å²) in [6.45, 7) is 0.134. The van der Waals surface area contributed by atoms with Gasteiger partial charge in [-0.2, -0.15) is 4.91 Å². The van der Waals surface area contributed by atoms with E-state index in [1.54, 1.807) is 0 Å². The normalized spacial score (nSPS) is 9.00. The molecule has 4 N–H and O–H groups in total. The van der Waals surface area contributed by atoms with E-state index in [1.807, 2.05) is 0 Å². The number of carbonyl (C=O) groups is 1. The number of guanidine groups is 1. The Bertz CT molecular complexity index is 184. The van der Waals surface area contributed by atoms with Gasteiger partial charge in [0.25, 0.3) is 0 Å². The highest BCUT2D eigenvalue weighted by atomic mass is 32.2. The summed E-state index contributed by atoms with van der Waals surface area (Å²) in [7, 11) is 0. The molecule has 0 amide bonds. The molecule has 0 heterocycles. The fourth-order valence-corrected chi connectivity index (χ4v) is 1.02. The van der Waals surface area contributed by atoms with Gasteiger partial charge in [0.1, 0.15) is 6.54 Å². The summed E-state index contributed by atoms with van der Waals surface area (Å²) in [6.07, 6.45) is 0. The first-order valence-corrected chi connectivity index (χ1v) is 4.18. The number of nitrogens with one attached hydrogen (secondary N) is 2. The van der Waals surface area contributed by atoms with Crippen LogP contribution in [-0.2, 0) is 4.79 Å². The Balaban J connectivity index is 3.25. The molecule has 0 unspecified atom stereocenters. The van der Waals surface area contributed by atoms with Crippen molar-refractivity contribution < 1.29 is 4.79 Å². The van der Waals surface area contributed by atoms with Gasteiger partial charge in [-0.15, -0.1) is 0 Å². The predicted molar refractivity (Wildman–Crippen MR) is 48.0 cm³/mol. The zero-order chi connectivity index (χ0) is 9.40. The topological polar surface area (TPSA) is 108 Å². The molecular formula is C5H10N4O2S. The molecule has 12 heavy (non-hydrogen) atoms. The number of nitroso groups, excluding NO2 is 1. The molecule has 0 aromatic rings. The molecule has 0 radical (unpaired) electrons. The SMILES string of the molecule is N=C(N)NCCSC(=O)CN=O. The molecule has 0 rings (SSSR count). The van der Waals surface area contributed by atoms with Crippen LogP contribution in [0.25, 0.3) is 0 Å². The van der Waals surface area contributed by atoms with Crippen molar-refractivity contribution in [1.82, 2.24) is 5.32 Å². The van der Waals surface area contributed by atoms with Crippen LogP contribution in [0.4, 0.5) is 0 Å². The second kappa shape index (κ2) is 6.59. The summed E-state index contributed by atoms with van der Waals surface area (Å²) in [5.41, 5.74) is 4.98. The molecule has 0 aromatic heterocycles. The number of hydrogen-bond donors (Lipinski definition) is 3. The lowest BCUT2D eigenvalue weighted by Gasteiger charge is -2.00. The third-order valence-electron chi connectivity index (χ3n) is 0.874. The molecule has 0 saturated heterocycles. The van der Waals surface area contributed by atoms with Gasteiger partial charge >= 0.3 is 0 Å². The van der Waals surface area contributed by atoms with Gasteiger partial charge < -0.3 is 11.1 Å². The van der Waals surface area contributed by atoms with Gasteiger partial charge in [0, 0.05) is 12.3 Å². The first-order chi connectivity index (χ1) is 5.66. The smallest absolute Gasteiger partial charge is 0.214 e. The third kappa shape index (κ3) is 7.00. The Morgan fingerprint density at radius 3 is 2.83 bits per heavy atom. The van der Waals surface area contributed by atoms with E-state index < -0.39 is 0 Å². The largest absolute Gasteiger partial charge is 0.370 e. The standard InChI is InChI=1S/C5H10N4O2S/c6-5(7)8-1-2-12-4(10)3-9-11/h1-3H2,(H4,6,7,8). The van der Waals surface area contributed by atoms with Crippen molar-refractivity contribution in [2.45, 2.75) is 0 Å². The molecule has 0 spiro atoms. The van der Waals surface area contributed by atoms with Gasteiger partial charge in [0.05, 0.1) is 0 Å². The third-order valence-corrected chi connectivity index (χ3v) is 1.73. The van der Waals surface area contributed by atoms with Crippen LogP contribution in [-0.4, -0.2) is 29.9 Å². The van der Waals surface area contributed by atoms with Crippen molar-refractivity contribution in [2.24, 2.45) is 10.9 Å². The first-order valence-electron chi connectivity index (χ1n) is 3.19. The van der Waals surface area contributed by atoms with Crippen LogP contribution >= 0.6 is 11.8 Å². The van der Waals surface area contributed by atoms with E-state index in [2.05, 4.69) is 10.5 Å². The second-order valence-corrected chi connectivity index (χ2v) is 3.00. The summed E-state index contributed by atoms with van der Waals surface area (Å²) >= 11 is 0.996. The van der Waals surface area contributed by atoms with E-state index in [0.29, 0.717) is 12.3 Å². The number of thioether (sulfide) groups is 1.